The van der Waals surface area contributed by atoms with Gasteiger partial charge in [0.1, 0.15) is 23.4 Å². The summed E-state index contributed by atoms with van der Waals surface area (Å²) in [4.78, 5) is 11.4. The van der Waals surface area contributed by atoms with Gasteiger partial charge in [0.15, 0.2) is 0 Å². The molecule has 0 amide bonds. The molecule has 2 aromatic rings. The number of methoxy groups -OCH3 is 1. The van der Waals surface area contributed by atoms with Gasteiger partial charge in [0.2, 0.25) is 5.88 Å². The van der Waals surface area contributed by atoms with Gasteiger partial charge in [-0.1, -0.05) is 0 Å². The SMILES string of the molecule is CNC1CCC(Oc2ncnc3sc4c(c23)[C@@H](CC(C#N)OC)CC4)CC1. The number of aryl methyl sites for hydroxylation is 1. The van der Waals surface area contributed by atoms with Crippen LogP contribution in [0.4, 0.5) is 0 Å². The number of hydrogen-bond acceptors (Lipinski definition) is 7. The number of ether oxygens (including phenoxy) is 2. The highest BCUT2D eigenvalue weighted by atomic mass is 32.1. The van der Waals surface area contributed by atoms with Gasteiger partial charge in [-0.25, -0.2) is 9.97 Å². The molecule has 0 aromatic carbocycles. The molecular weight excluding hydrogens is 360 g/mol. The minimum Gasteiger partial charge on any atom is -0.474 e. The van der Waals surface area contributed by atoms with E-state index in [1.807, 2.05) is 7.05 Å². The highest BCUT2D eigenvalue weighted by Crippen LogP contribution is 2.47. The van der Waals surface area contributed by atoms with Crippen molar-refractivity contribution in [2.75, 3.05) is 14.2 Å². The second-order valence-electron chi connectivity index (χ2n) is 7.50. The third-order valence-electron chi connectivity index (χ3n) is 5.98. The zero-order valence-electron chi connectivity index (χ0n) is 15.9. The molecule has 27 heavy (non-hydrogen) atoms. The Morgan fingerprint density at radius 3 is 2.81 bits per heavy atom. The second-order valence-corrected chi connectivity index (χ2v) is 8.59. The molecule has 0 spiro atoms. The molecule has 2 atom stereocenters. The average molecular weight is 387 g/mol. The molecule has 2 heterocycles. The van der Waals surface area contributed by atoms with Gasteiger partial charge in [-0.2, -0.15) is 5.26 Å². The maximum Gasteiger partial charge on any atom is 0.225 e. The predicted molar refractivity (Wildman–Crippen MR) is 105 cm³/mol. The topological polar surface area (TPSA) is 80.1 Å². The monoisotopic (exact) mass is 386 g/mol. The van der Waals surface area contributed by atoms with E-state index in [9.17, 15) is 5.26 Å². The quantitative estimate of drug-likeness (QED) is 0.818. The van der Waals surface area contributed by atoms with E-state index < -0.39 is 0 Å². The van der Waals surface area contributed by atoms with Crippen LogP contribution < -0.4 is 10.1 Å². The number of aromatic nitrogens is 2. The zero-order chi connectivity index (χ0) is 18.8. The molecule has 4 rings (SSSR count). The van der Waals surface area contributed by atoms with Crippen LogP contribution in [0.15, 0.2) is 6.33 Å². The van der Waals surface area contributed by atoms with E-state index in [0.717, 1.165) is 54.6 Å². The normalized spacial score (nSPS) is 25.9. The van der Waals surface area contributed by atoms with Crippen molar-refractivity contribution in [3.05, 3.63) is 16.8 Å². The van der Waals surface area contributed by atoms with Crippen LogP contribution >= 0.6 is 11.3 Å². The summed E-state index contributed by atoms with van der Waals surface area (Å²) in [5, 5.41) is 13.7. The fourth-order valence-electron chi connectivity index (χ4n) is 4.45. The summed E-state index contributed by atoms with van der Waals surface area (Å²) in [6, 6.07) is 2.85. The second kappa shape index (κ2) is 8.09. The van der Waals surface area contributed by atoms with E-state index in [2.05, 4.69) is 21.4 Å². The molecule has 0 bridgehead atoms. The highest BCUT2D eigenvalue weighted by Gasteiger charge is 2.32. The van der Waals surface area contributed by atoms with Crippen molar-refractivity contribution in [2.45, 2.75) is 69.1 Å². The first-order valence-electron chi connectivity index (χ1n) is 9.76. The van der Waals surface area contributed by atoms with E-state index in [4.69, 9.17) is 9.47 Å². The Hall–Kier alpha value is -1.75. The Labute approximate surface area is 163 Å². The number of hydrogen-bond donors (Lipinski definition) is 1. The maximum atomic E-state index is 9.28. The van der Waals surface area contributed by atoms with Crippen molar-refractivity contribution in [3.8, 4) is 11.9 Å². The molecule has 1 saturated carbocycles. The summed E-state index contributed by atoms with van der Waals surface area (Å²) in [6.45, 7) is 0. The van der Waals surface area contributed by atoms with Crippen LogP contribution in [0, 0.1) is 11.3 Å². The van der Waals surface area contributed by atoms with Crippen molar-refractivity contribution in [2.24, 2.45) is 0 Å². The van der Waals surface area contributed by atoms with Gasteiger partial charge in [0, 0.05) is 18.0 Å². The Bertz CT molecular complexity index is 838. The molecule has 7 heteroatoms. The van der Waals surface area contributed by atoms with Crippen LogP contribution in [0.5, 0.6) is 5.88 Å². The minimum atomic E-state index is -0.373. The van der Waals surface area contributed by atoms with Crippen molar-refractivity contribution in [1.29, 1.82) is 5.26 Å². The summed E-state index contributed by atoms with van der Waals surface area (Å²) < 4.78 is 11.7. The lowest BCUT2D eigenvalue weighted by Crippen LogP contribution is -2.34. The van der Waals surface area contributed by atoms with Crippen LogP contribution in [-0.2, 0) is 11.2 Å². The molecule has 0 saturated heterocycles. The number of nitriles is 1. The number of nitrogens with zero attached hydrogens (tertiary/aromatic N) is 3. The largest absolute Gasteiger partial charge is 0.474 e. The van der Waals surface area contributed by atoms with Crippen molar-refractivity contribution < 1.29 is 9.47 Å². The van der Waals surface area contributed by atoms with Gasteiger partial charge in [-0.3, -0.25) is 0 Å². The molecule has 2 aliphatic rings. The standard InChI is InChI=1S/C20H26N4O2S/c1-22-13-4-6-14(7-5-13)26-19-18-17-12(9-15(10-21)25-2)3-8-16(17)27-20(18)24-11-23-19/h11-15,22H,3-9H2,1-2H3/t12-,13?,14?,15?/m1/s1. The number of fused-ring (bicyclic) bond motifs is 3. The molecule has 0 radical (unpaired) electrons. The molecular formula is C20H26N4O2S. The first kappa shape index (κ1) is 18.6. The molecule has 6 nitrogen and oxygen atoms in total. The highest BCUT2D eigenvalue weighted by molar-refractivity contribution is 7.19. The van der Waals surface area contributed by atoms with Crippen molar-refractivity contribution >= 4 is 21.6 Å². The van der Waals surface area contributed by atoms with Gasteiger partial charge < -0.3 is 14.8 Å². The maximum absolute atomic E-state index is 9.28. The van der Waals surface area contributed by atoms with E-state index in [1.165, 1.54) is 10.4 Å². The van der Waals surface area contributed by atoms with E-state index in [1.54, 1.807) is 24.8 Å². The molecule has 1 unspecified atom stereocenters. The smallest absolute Gasteiger partial charge is 0.225 e. The fourth-order valence-corrected chi connectivity index (χ4v) is 5.68. The third-order valence-corrected chi connectivity index (χ3v) is 7.16. The number of thiophene rings is 1. The van der Waals surface area contributed by atoms with Crippen LogP contribution in [-0.4, -0.2) is 42.4 Å². The van der Waals surface area contributed by atoms with Gasteiger partial charge >= 0.3 is 0 Å². The summed E-state index contributed by atoms with van der Waals surface area (Å²) >= 11 is 1.75. The van der Waals surface area contributed by atoms with Crippen LogP contribution in [0.25, 0.3) is 10.2 Å². The Morgan fingerprint density at radius 1 is 1.30 bits per heavy atom. The predicted octanol–water partition coefficient (Wildman–Crippen LogP) is 3.56. The summed E-state index contributed by atoms with van der Waals surface area (Å²) in [7, 11) is 3.64. The minimum absolute atomic E-state index is 0.217. The van der Waals surface area contributed by atoms with Gasteiger partial charge in [-0.05, 0) is 63.5 Å². The molecule has 2 aromatic heterocycles. The molecule has 0 aliphatic heterocycles. The first-order valence-corrected chi connectivity index (χ1v) is 10.6. The lowest BCUT2D eigenvalue weighted by molar-refractivity contribution is 0.132. The lowest BCUT2D eigenvalue weighted by Gasteiger charge is -2.28. The number of rotatable bonds is 6. The summed E-state index contributed by atoms with van der Waals surface area (Å²) in [6.07, 6.45) is 8.64. The molecule has 1 fully saturated rings. The van der Waals surface area contributed by atoms with E-state index in [-0.39, 0.29) is 12.2 Å². The van der Waals surface area contributed by atoms with Crippen LogP contribution in [0.1, 0.15) is 54.9 Å². The molecule has 1 N–H and O–H groups in total. The fraction of sp³-hybridized carbons (Fsp3) is 0.650. The molecule has 2 aliphatic carbocycles. The van der Waals surface area contributed by atoms with Gasteiger partial charge in [0.05, 0.1) is 11.5 Å². The van der Waals surface area contributed by atoms with Gasteiger partial charge in [0.25, 0.3) is 0 Å². The Balaban J connectivity index is 1.61. The third kappa shape index (κ3) is 3.66. The van der Waals surface area contributed by atoms with Crippen molar-refractivity contribution in [3.63, 3.8) is 0 Å². The van der Waals surface area contributed by atoms with Gasteiger partial charge in [-0.15, -0.1) is 11.3 Å². The average Bonchev–Trinajstić information content (AvgIpc) is 3.26. The van der Waals surface area contributed by atoms with E-state index >= 15 is 0 Å². The van der Waals surface area contributed by atoms with Crippen LogP contribution in [0.2, 0.25) is 0 Å². The zero-order valence-corrected chi connectivity index (χ0v) is 16.7. The number of nitrogens with one attached hydrogen (secondary N) is 1. The molecule has 144 valence electrons. The summed E-state index contributed by atoms with van der Waals surface area (Å²) in [5.74, 6) is 1.04. The van der Waals surface area contributed by atoms with E-state index in [0.29, 0.717) is 18.4 Å². The Kier molecular flexibility index (Phi) is 5.58. The Morgan fingerprint density at radius 2 is 2.11 bits per heavy atom. The van der Waals surface area contributed by atoms with Crippen LogP contribution in [0.3, 0.4) is 0 Å². The summed E-state index contributed by atoms with van der Waals surface area (Å²) in [5.41, 5.74) is 1.30. The lowest BCUT2D eigenvalue weighted by atomic mass is 9.93. The first-order chi connectivity index (χ1) is 13.2. The van der Waals surface area contributed by atoms with Crippen molar-refractivity contribution in [1.82, 2.24) is 15.3 Å².